The minimum atomic E-state index is 0.660. The quantitative estimate of drug-likeness (QED) is 0.186. The van der Waals surface area contributed by atoms with Crippen molar-refractivity contribution in [3.8, 4) is 39.9 Å². The summed E-state index contributed by atoms with van der Waals surface area (Å²) in [7, 11) is 0. The van der Waals surface area contributed by atoms with Crippen LogP contribution in [-0.4, -0.2) is 19.5 Å². The van der Waals surface area contributed by atoms with Gasteiger partial charge in [-0.05, 0) is 64.0 Å². The molecule has 5 heteroatoms. The zero-order chi connectivity index (χ0) is 34.2. The Balaban J connectivity index is 1.11. The van der Waals surface area contributed by atoms with Crippen LogP contribution < -0.4 is 0 Å². The van der Waals surface area contributed by atoms with E-state index in [2.05, 4.69) is 156 Å². The predicted molar refractivity (Wildman–Crippen MR) is 218 cm³/mol. The predicted octanol–water partition coefficient (Wildman–Crippen LogP) is 12.6. The van der Waals surface area contributed by atoms with E-state index in [1.807, 2.05) is 18.2 Å². The van der Waals surface area contributed by atoms with Gasteiger partial charge in [-0.1, -0.05) is 127 Å². The summed E-state index contributed by atoms with van der Waals surface area (Å²) in [4.78, 5) is 15.3. The van der Waals surface area contributed by atoms with Crippen LogP contribution in [0.4, 0.5) is 0 Å². The molecule has 0 unspecified atom stereocenters. The van der Waals surface area contributed by atoms with Crippen LogP contribution in [-0.2, 0) is 0 Å². The van der Waals surface area contributed by atoms with E-state index in [9.17, 15) is 0 Å². The van der Waals surface area contributed by atoms with Crippen molar-refractivity contribution in [2.75, 3.05) is 0 Å². The van der Waals surface area contributed by atoms with Crippen molar-refractivity contribution >= 4 is 74.9 Å². The van der Waals surface area contributed by atoms with Crippen LogP contribution in [0.15, 0.2) is 170 Å². The molecule has 0 N–H and O–H groups in total. The van der Waals surface area contributed by atoms with Crippen LogP contribution >= 0.6 is 11.3 Å². The van der Waals surface area contributed by atoms with Gasteiger partial charge in [-0.3, -0.25) is 0 Å². The van der Waals surface area contributed by atoms with Gasteiger partial charge in [0.1, 0.15) is 0 Å². The van der Waals surface area contributed by atoms with E-state index in [0.29, 0.717) is 17.5 Å². The van der Waals surface area contributed by atoms with Gasteiger partial charge in [0, 0.05) is 53.3 Å². The van der Waals surface area contributed by atoms with Crippen molar-refractivity contribution in [2.24, 2.45) is 0 Å². The van der Waals surface area contributed by atoms with Gasteiger partial charge < -0.3 is 4.57 Å². The Morgan fingerprint density at radius 2 is 1.06 bits per heavy atom. The molecule has 0 aliphatic carbocycles. The minimum absolute atomic E-state index is 0.660. The van der Waals surface area contributed by atoms with Gasteiger partial charge in [0.15, 0.2) is 17.5 Å². The van der Waals surface area contributed by atoms with Gasteiger partial charge in [-0.15, -0.1) is 11.3 Å². The summed E-state index contributed by atoms with van der Waals surface area (Å²) in [5.41, 5.74) is 6.49. The van der Waals surface area contributed by atoms with Crippen LogP contribution in [0.25, 0.3) is 103 Å². The van der Waals surface area contributed by atoms with Crippen molar-refractivity contribution in [1.82, 2.24) is 19.5 Å². The van der Waals surface area contributed by atoms with E-state index in [4.69, 9.17) is 15.0 Å². The number of thiophene rings is 1. The van der Waals surface area contributed by atoms with Crippen molar-refractivity contribution < 1.29 is 0 Å². The monoisotopic (exact) mass is 680 g/mol. The fraction of sp³-hybridized carbons (Fsp3) is 0. The average Bonchev–Trinajstić information content (AvgIpc) is 3.74. The van der Waals surface area contributed by atoms with E-state index >= 15 is 0 Å². The lowest BCUT2D eigenvalue weighted by molar-refractivity contribution is 1.08. The zero-order valence-electron chi connectivity index (χ0n) is 27.9. The first kappa shape index (κ1) is 29.1. The highest BCUT2D eigenvalue weighted by atomic mass is 32.1. The van der Waals surface area contributed by atoms with Crippen molar-refractivity contribution in [2.45, 2.75) is 0 Å². The summed E-state index contributed by atoms with van der Waals surface area (Å²) in [6, 6.07) is 60.4. The third-order valence-electron chi connectivity index (χ3n) is 10.2. The number of aromatic nitrogens is 4. The molecule has 8 aromatic carbocycles. The lowest BCUT2D eigenvalue weighted by Crippen LogP contribution is -2.00. The molecule has 11 rings (SSSR count). The Morgan fingerprint density at radius 3 is 1.90 bits per heavy atom. The second kappa shape index (κ2) is 11.4. The Labute approximate surface area is 302 Å². The van der Waals surface area contributed by atoms with Crippen LogP contribution in [0.2, 0.25) is 0 Å². The number of rotatable bonds is 4. The minimum Gasteiger partial charge on any atom is -0.309 e. The first-order chi connectivity index (χ1) is 25.7. The fourth-order valence-electron chi connectivity index (χ4n) is 7.71. The molecule has 3 aromatic heterocycles. The highest BCUT2D eigenvalue weighted by molar-refractivity contribution is 7.26. The Hall–Kier alpha value is -6.69. The van der Waals surface area contributed by atoms with Crippen LogP contribution in [0.1, 0.15) is 0 Å². The Morgan fingerprint density at radius 1 is 0.385 bits per heavy atom. The highest BCUT2D eigenvalue weighted by Crippen LogP contribution is 2.42. The maximum absolute atomic E-state index is 5.16. The van der Waals surface area contributed by atoms with Crippen LogP contribution in [0, 0.1) is 0 Å². The maximum atomic E-state index is 5.16. The van der Waals surface area contributed by atoms with E-state index in [1.54, 1.807) is 11.3 Å². The van der Waals surface area contributed by atoms with Crippen molar-refractivity contribution in [3.63, 3.8) is 0 Å². The van der Waals surface area contributed by atoms with Crippen molar-refractivity contribution in [3.05, 3.63) is 170 Å². The van der Waals surface area contributed by atoms with E-state index in [0.717, 1.165) is 32.5 Å². The number of para-hydroxylation sites is 1. The van der Waals surface area contributed by atoms with Gasteiger partial charge in [0.2, 0.25) is 0 Å². The smallest absolute Gasteiger partial charge is 0.165 e. The molecule has 0 saturated carbocycles. The van der Waals surface area contributed by atoms with Crippen LogP contribution in [0.3, 0.4) is 0 Å². The normalized spacial score (nSPS) is 11.8. The molecule has 11 aromatic rings. The molecule has 52 heavy (non-hydrogen) atoms. The summed E-state index contributed by atoms with van der Waals surface area (Å²) < 4.78 is 4.80. The molecule has 0 bridgehead atoms. The highest BCUT2D eigenvalue weighted by Gasteiger charge is 2.18. The molecule has 0 spiro atoms. The largest absolute Gasteiger partial charge is 0.309 e. The summed E-state index contributed by atoms with van der Waals surface area (Å²) >= 11 is 1.80. The van der Waals surface area contributed by atoms with Gasteiger partial charge in [-0.25, -0.2) is 15.0 Å². The molecular weight excluding hydrogens is 653 g/mol. The average molecular weight is 681 g/mol. The first-order valence-electron chi connectivity index (χ1n) is 17.4. The maximum Gasteiger partial charge on any atom is 0.165 e. The van der Waals surface area contributed by atoms with Crippen molar-refractivity contribution in [1.29, 1.82) is 0 Å². The Kier molecular flexibility index (Phi) is 6.39. The Bertz CT molecular complexity index is 3190. The number of fused-ring (bicyclic) bond motifs is 8. The topological polar surface area (TPSA) is 43.6 Å². The number of benzene rings is 8. The second-order valence-corrected chi connectivity index (χ2v) is 14.3. The summed E-state index contributed by atoms with van der Waals surface area (Å²) in [5.74, 6) is 1.99. The fourth-order valence-corrected chi connectivity index (χ4v) is 8.95. The number of nitrogens with zero attached hydrogens (tertiary/aromatic N) is 4. The molecule has 0 aliphatic rings. The SMILES string of the molecule is c1ccc(-c2nc(-c3ccc4ccccc4c3)nc(-c3cccc4c3sc3cc(-n5c6ccccc6c6cc7ccccc7cc65)ccc34)n2)cc1. The molecule has 0 saturated heterocycles. The molecule has 0 aliphatic heterocycles. The molecule has 0 atom stereocenters. The van der Waals surface area contributed by atoms with Gasteiger partial charge in [-0.2, -0.15) is 0 Å². The lowest BCUT2D eigenvalue weighted by atomic mass is 10.1. The van der Waals surface area contributed by atoms with E-state index in [-0.39, 0.29) is 0 Å². The second-order valence-electron chi connectivity index (χ2n) is 13.3. The summed E-state index contributed by atoms with van der Waals surface area (Å²) in [5, 5.41) is 9.78. The summed E-state index contributed by atoms with van der Waals surface area (Å²) in [6.45, 7) is 0. The zero-order valence-corrected chi connectivity index (χ0v) is 28.7. The molecule has 0 fully saturated rings. The van der Waals surface area contributed by atoms with Crippen LogP contribution in [0.5, 0.6) is 0 Å². The van der Waals surface area contributed by atoms with Gasteiger partial charge >= 0.3 is 0 Å². The molecule has 4 nitrogen and oxygen atoms in total. The number of hydrogen-bond acceptors (Lipinski definition) is 4. The summed E-state index contributed by atoms with van der Waals surface area (Å²) in [6.07, 6.45) is 0. The molecule has 3 heterocycles. The van der Waals surface area contributed by atoms with Gasteiger partial charge in [0.05, 0.1) is 11.0 Å². The lowest BCUT2D eigenvalue weighted by Gasteiger charge is -2.09. The van der Waals surface area contributed by atoms with E-state index < -0.39 is 0 Å². The molecular formula is C47H28N4S. The third kappa shape index (κ3) is 4.57. The molecule has 242 valence electrons. The van der Waals surface area contributed by atoms with Gasteiger partial charge in [0.25, 0.3) is 0 Å². The third-order valence-corrected chi connectivity index (χ3v) is 11.4. The molecule has 0 amide bonds. The molecule has 0 radical (unpaired) electrons. The first-order valence-corrected chi connectivity index (χ1v) is 18.3. The van der Waals surface area contributed by atoms with E-state index in [1.165, 1.54) is 53.4 Å². The standard InChI is InChI=1S/C47H28N4S/c1-2-12-30(13-3-1)45-48-46(34-22-21-29-11-4-5-14-31(29)25-34)50-47(49-45)39-19-10-18-38-37-24-23-35(28-43(37)52-44(38)39)51-41-20-9-8-17-36(41)40-26-32-15-6-7-16-33(32)27-42(40)51/h1-28H. The number of hydrogen-bond donors (Lipinski definition) is 0.